The number of rotatable bonds is 1. The van der Waals surface area contributed by atoms with E-state index in [9.17, 15) is 9.90 Å². The lowest BCUT2D eigenvalue weighted by Gasteiger charge is -2.25. The number of anilines is 1. The van der Waals surface area contributed by atoms with Gasteiger partial charge in [-0.25, -0.2) is 0 Å². The summed E-state index contributed by atoms with van der Waals surface area (Å²) < 4.78 is 5.65. The van der Waals surface area contributed by atoms with E-state index in [1.807, 2.05) is 44.2 Å². The zero-order chi connectivity index (χ0) is 12.9. The van der Waals surface area contributed by atoms with Crippen molar-refractivity contribution in [2.24, 2.45) is 11.8 Å². The molecule has 2 heterocycles. The number of para-hydroxylation sites is 1. The molecule has 96 valence electrons. The first-order chi connectivity index (χ1) is 8.61. The van der Waals surface area contributed by atoms with Crippen LogP contribution in [0.1, 0.15) is 13.8 Å². The number of hydrogen-bond acceptors (Lipinski definition) is 3. The number of aliphatic hydroxyl groups is 1. The van der Waals surface area contributed by atoms with Crippen molar-refractivity contribution in [1.29, 1.82) is 0 Å². The molecule has 0 aromatic heterocycles. The molecule has 2 fully saturated rings. The Morgan fingerprint density at radius 3 is 2.44 bits per heavy atom. The van der Waals surface area contributed by atoms with Crippen LogP contribution in [0.15, 0.2) is 30.3 Å². The van der Waals surface area contributed by atoms with Gasteiger partial charge in [-0.1, -0.05) is 18.2 Å². The maximum absolute atomic E-state index is 12.4. The van der Waals surface area contributed by atoms with E-state index in [0.29, 0.717) is 0 Å². The van der Waals surface area contributed by atoms with Crippen LogP contribution >= 0.6 is 0 Å². The molecular weight excluding hydrogens is 230 g/mol. The predicted molar refractivity (Wildman–Crippen MR) is 66.9 cm³/mol. The lowest BCUT2D eigenvalue weighted by Crippen LogP contribution is -2.38. The molecular formula is C14H17NO3. The zero-order valence-corrected chi connectivity index (χ0v) is 10.5. The number of benzene rings is 1. The normalized spacial score (nSPS) is 39.2. The van der Waals surface area contributed by atoms with Crippen LogP contribution in [-0.2, 0) is 9.53 Å². The topological polar surface area (TPSA) is 49.8 Å². The monoisotopic (exact) mass is 247 g/mol. The number of ether oxygens (including phenoxy) is 1. The van der Waals surface area contributed by atoms with Gasteiger partial charge in [0.2, 0.25) is 5.91 Å². The molecule has 4 heteroatoms. The number of fused-ring (bicyclic) bond motifs is 1. The van der Waals surface area contributed by atoms with Crippen LogP contribution in [-0.4, -0.2) is 29.4 Å². The molecule has 0 aliphatic carbocycles. The summed E-state index contributed by atoms with van der Waals surface area (Å²) in [5, 5.41) is 10.4. The van der Waals surface area contributed by atoms with E-state index in [4.69, 9.17) is 4.74 Å². The van der Waals surface area contributed by atoms with Gasteiger partial charge in [-0.15, -0.1) is 0 Å². The SMILES string of the molecule is CC1OC(C)C2C1C(=O)N(c1ccccc1)C2O. The van der Waals surface area contributed by atoms with Crippen LogP contribution in [0.2, 0.25) is 0 Å². The number of hydrogen-bond donors (Lipinski definition) is 1. The van der Waals surface area contributed by atoms with Gasteiger partial charge in [-0.2, -0.15) is 0 Å². The van der Waals surface area contributed by atoms with E-state index in [1.165, 1.54) is 4.90 Å². The predicted octanol–water partition coefficient (Wildman–Crippen LogP) is 1.39. The van der Waals surface area contributed by atoms with E-state index in [-0.39, 0.29) is 30.0 Å². The van der Waals surface area contributed by atoms with Gasteiger partial charge in [0.15, 0.2) is 0 Å². The Bertz CT molecular complexity index is 461. The lowest BCUT2D eigenvalue weighted by molar-refractivity contribution is -0.122. The van der Waals surface area contributed by atoms with Crippen LogP contribution in [0.3, 0.4) is 0 Å². The van der Waals surface area contributed by atoms with Gasteiger partial charge in [0.25, 0.3) is 0 Å². The summed E-state index contributed by atoms with van der Waals surface area (Å²) in [5.74, 6) is -0.390. The van der Waals surface area contributed by atoms with Gasteiger partial charge in [0, 0.05) is 11.6 Å². The second-order valence-electron chi connectivity index (χ2n) is 5.11. The van der Waals surface area contributed by atoms with Gasteiger partial charge in [0.05, 0.1) is 18.1 Å². The van der Waals surface area contributed by atoms with Crippen molar-refractivity contribution in [1.82, 2.24) is 0 Å². The first-order valence-electron chi connectivity index (χ1n) is 6.33. The van der Waals surface area contributed by atoms with Crippen molar-refractivity contribution >= 4 is 11.6 Å². The Morgan fingerprint density at radius 1 is 1.17 bits per heavy atom. The molecule has 2 aliphatic rings. The molecule has 0 saturated carbocycles. The molecule has 1 aromatic rings. The fraction of sp³-hybridized carbons (Fsp3) is 0.500. The van der Waals surface area contributed by atoms with E-state index in [1.54, 1.807) is 0 Å². The molecule has 3 rings (SSSR count). The quantitative estimate of drug-likeness (QED) is 0.816. The summed E-state index contributed by atoms with van der Waals surface area (Å²) in [6.07, 6.45) is -0.997. The minimum absolute atomic E-state index is 0.0319. The first-order valence-corrected chi connectivity index (χ1v) is 6.33. The van der Waals surface area contributed by atoms with Crippen molar-refractivity contribution < 1.29 is 14.6 Å². The third kappa shape index (κ3) is 1.49. The Balaban J connectivity index is 1.98. The number of amides is 1. The molecule has 5 unspecified atom stereocenters. The van der Waals surface area contributed by atoms with E-state index in [2.05, 4.69) is 0 Å². The molecule has 1 N–H and O–H groups in total. The van der Waals surface area contributed by atoms with Crippen LogP contribution < -0.4 is 4.90 Å². The Labute approximate surface area is 106 Å². The highest BCUT2D eigenvalue weighted by atomic mass is 16.5. The van der Waals surface area contributed by atoms with Gasteiger partial charge < -0.3 is 9.84 Å². The fourth-order valence-corrected chi connectivity index (χ4v) is 3.24. The summed E-state index contributed by atoms with van der Waals surface area (Å²) in [6.45, 7) is 3.83. The van der Waals surface area contributed by atoms with Gasteiger partial charge in [-0.3, -0.25) is 9.69 Å². The first kappa shape index (κ1) is 11.7. The zero-order valence-electron chi connectivity index (χ0n) is 10.5. The molecule has 5 atom stereocenters. The van der Waals surface area contributed by atoms with Gasteiger partial charge in [-0.05, 0) is 26.0 Å². The summed E-state index contributed by atoms with van der Waals surface area (Å²) in [5.41, 5.74) is 0.754. The van der Waals surface area contributed by atoms with E-state index in [0.717, 1.165) is 5.69 Å². The number of aliphatic hydroxyl groups excluding tert-OH is 1. The molecule has 1 amide bonds. The minimum atomic E-state index is -0.787. The Morgan fingerprint density at radius 2 is 1.83 bits per heavy atom. The maximum atomic E-state index is 12.4. The summed E-state index contributed by atoms with van der Waals surface area (Å²) >= 11 is 0. The molecule has 2 aliphatic heterocycles. The summed E-state index contributed by atoms with van der Waals surface area (Å²) in [6, 6.07) is 9.32. The standard InChI is InChI=1S/C14H17NO3/c1-8-11-12(9(2)18-8)14(17)15(13(11)16)10-6-4-3-5-7-10/h3-9,11-13,16H,1-2H3. The smallest absolute Gasteiger partial charge is 0.235 e. The average molecular weight is 247 g/mol. The van der Waals surface area contributed by atoms with Crippen molar-refractivity contribution in [3.05, 3.63) is 30.3 Å². The Hall–Kier alpha value is -1.39. The average Bonchev–Trinajstić information content (AvgIpc) is 2.79. The maximum Gasteiger partial charge on any atom is 0.235 e. The third-order valence-corrected chi connectivity index (χ3v) is 4.06. The Kier molecular flexibility index (Phi) is 2.64. The third-order valence-electron chi connectivity index (χ3n) is 4.06. The number of nitrogens with zero attached hydrogens (tertiary/aromatic N) is 1. The molecule has 1 aromatic carbocycles. The van der Waals surface area contributed by atoms with Crippen molar-refractivity contribution in [3.8, 4) is 0 Å². The fourth-order valence-electron chi connectivity index (χ4n) is 3.24. The second kappa shape index (κ2) is 4.07. The highest BCUT2D eigenvalue weighted by molar-refractivity contribution is 5.98. The highest BCUT2D eigenvalue weighted by Gasteiger charge is 2.57. The number of carbonyl (C=O) groups is 1. The molecule has 18 heavy (non-hydrogen) atoms. The molecule has 2 saturated heterocycles. The van der Waals surface area contributed by atoms with Crippen molar-refractivity contribution in [3.63, 3.8) is 0 Å². The van der Waals surface area contributed by atoms with Crippen LogP contribution in [0.4, 0.5) is 5.69 Å². The molecule has 4 nitrogen and oxygen atoms in total. The molecule has 0 bridgehead atoms. The summed E-state index contributed by atoms with van der Waals surface area (Å²) in [7, 11) is 0. The lowest BCUT2D eigenvalue weighted by atomic mass is 9.90. The number of carbonyl (C=O) groups excluding carboxylic acids is 1. The van der Waals surface area contributed by atoms with Gasteiger partial charge in [0.1, 0.15) is 6.23 Å². The van der Waals surface area contributed by atoms with Crippen LogP contribution in [0.25, 0.3) is 0 Å². The van der Waals surface area contributed by atoms with Gasteiger partial charge >= 0.3 is 0 Å². The largest absolute Gasteiger partial charge is 0.374 e. The van der Waals surface area contributed by atoms with Crippen molar-refractivity contribution in [2.45, 2.75) is 32.3 Å². The second-order valence-corrected chi connectivity index (χ2v) is 5.11. The highest BCUT2D eigenvalue weighted by Crippen LogP contribution is 2.44. The molecule has 0 radical (unpaired) electrons. The summed E-state index contributed by atoms with van der Waals surface area (Å²) in [4.78, 5) is 13.9. The van der Waals surface area contributed by atoms with Crippen LogP contribution in [0, 0.1) is 11.8 Å². The van der Waals surface area contributed by atoms with E-state index < -0.39 is 6.23 Å². The molecule has 0 spiro atoms. The van der Waals surface area contributed by atoms with Crippen molar-refractivity contribution in [2.75, 3.05) is 4.90 Å². The minimum Gasteiger partial charge on any atom is -0.374 e. The van der Waals surface area contributed by atoms with E-state index >= 15 is 0 Å². The van der Waals surface area contributed by atoms with Crippen LogP contribution in [0.5, 0.6) is 0 Å².